The number of ether oxygens (including phenoxy) is 1. The number of halogens is 1. The molecule has 0 saturated carbocycles. The van der Waals surface area contributed by atoms with Crippen LogP contribution in [0.5, 0.6) is 5.75 Å². The van der Waals surface area contributed by atoms with Crippen LogP contribution in [-0.2, 0) is 9.05 Å². The van der Waals surface area contributed by atoms with Crippen molar-refractivity contribution in [3.05, 3.63) is 18.2 Å². The standard InChI is InChI=1S/C8H8ClNO5S/c1-15-6-3-2-5(10-8(11)12)4-7(6)16(9,13)14/h2-4,10H,1H3,(H,11,12). The summed E-state index contributed by atoms with van der Waals surface area (Å²) >= 11 is 0. The van der Waals surface area contributed by atoms with E-state index in [1.54, 1.807) is 0 Å². The van der Waals surface area contributed by atoms with E-state index in [1.807, 2.05) is 5.32 Å². The lowest BCUT2D eigenvalue weighted by Crippen LogP contribution is -2.08. The third-order valence-electron chi connectivity index (χ3n) is 1.68. The molecule has 8 heteroatoms. The molecule has 0 heterocycles. The highest BCUT2D eigenvalue weighted by molar-refractivity contribution is 8.13. The maximum absolute atomic E-state index is 11.2. The quantitative estimate of drug-likeness (QED) is 0.812. The van der Waals surface area contributed by atoms with Crippen molar-refractivity contribution in [2.45, 2.75) is 4.90 Å². The lowest BCUT2D eigenvalue weighted by Gasteiger charge is -2.07. The van der Waals surface area contributed by atoms with Crippen molar-refractivity contribution in [2.24, 2.45) is 0 Å². The Morgan fingerprint density at radius 2 is 2.12 bits per heavy atom. The van der Waals surface area contributed by atoms with E-state index in [4.69, 9.17) is 20.5 Å². The minimum atomic E-state index is -3.99. The Balaban J connectivity index is 3.27. The second kappa shape index (κ2) is 4.58. The molecule has 0 bridgehead atoms. The smallest absolute Gasteiger partial charge is 0.409 e. The van der Waals surface area contributed by atoms with E-state index >= 15 is 0 Å². The van der Waals surface area contributed by atoms with E-state index in [0.29, 0.717) is 0 Å². The zero-order valence-electron chi connectivity index (χ0n) is 8.10. The van der Waals surface area contributed by atoms with E-state index in [1.165, 1.54) is 19.2 Å². The van der Waals surface area contributed by atoms with Crippen molar-refractivity contribution in [2.75, 3.05) is 12.4 Å². The first-order chi connectivity index (χ1) is 7.34. The van der Waals surface area contributed by atoms with Crippen LogP contribution in [0.4, 0.5) is 10.5 Å². The van der Waals surface area contributed by atoms with E-state index in [0.717, 1.165) is 6.07 Å². The monoisotopic (exact) mass is 265 g/mol. The number of hydrogen-bond acceptors (Lipinski definition) is 4. The average Bonchev–Trinajstić information content (AvgIpc) is 2.15. The zero-order valence-corrected chi connectivity index (χ0v) is 9.67. The minimum absolute atomic E-state index is 0.0472. The molecular formula is C8H8ClNO5S. The van der Waals surface area contributed by atoms with Crippen LogP contribution < -0.4 is 10.1 Å². The summed E-state index contributed by atoms with van der Waals surface area (Å²) < 4.78 is 27.1. The highest BCUT2D eigenvalue weighted by Gasteiger charge is 2.17. The van der Waals surface area contributed by atoms with Crippen molar-refractivity contribution >= 4 is 31.5 Å². The second-order valence-electron chi connectivity index (χ2n) is 2.73. The van der Waals surface area contributed by atoms with E-state index < -0.39 is 15.1 Å². The molecule has 1 aromatic carbocycles. The summed E-state index contributed by atoms with van der Waals surface area (Å²) in [6, 6.07) is 3.74. The number of rotatable bonds is 3. The molecule has 0 radical (unpaired) electrons. The maximum atomic E-state index is 11.2. The summed E-state index contributed by atoms with van der Waals surface area (Å²) in [6.07, 6.45) is -1.30. The molecule has 1 aromatic rings. The van der Waals surface area contributed by atoms with Gasteiger partial charge in [0.15, 0.2) is 0 Å². The van der Waals surface area contributed by atoms with Gasteiger partial charge in [-0.25, -0.2) is 13.2 Å². The molecule has 0 atom stereocenters. The fourth-order valence-electron chi connectivity index (χ4n) is 1.07. The highest BCUT2D eigenvalue weighted by Crippen LogP contribution is 2.29. The van der Waals surface area contributed by atoms with E-state index in [-0.39, 0.29) is 16.3 Å². The van der Waals surface area contributed by atoms with Gasteiger partial charge in [0.25, 0.3) is 9.05 Å². The SMILES string of the molecule is COc1ccc(NC(=O)O)cc1S(=O)(=O)Cl. The lowest BCUT2D eigenvalue weighted by atomic mass is 10.3. The van der Waals surface area contributed by atoms with Crippen LogP contribution in [-0.4, -0.2) is 26.7 Å². The third-order valence-corrected chi connectivity index (χ3v) is 3.02. The number of anilines is 1. The molecule has 6 nitrogen and oxygen atoms in total. The van der Waals surface area contributed by atoms with Gasteiger partial charge >= 0.3 is 6.09 Å². The van der Waals surface area contributed by atoms with Crippen LogP contribution >= 0.6 is 10.7 Å². The second-order valence-corrected chi connectivity index (χ2v) is 5.27. The van der Waals surface area contributed by atoms with Gasteiger partial charge < -0.3 is 9.84 Å². The molecule has 0 aliphatic carbocycles. The van der Waals surface area contributed by atoms with Crippen molar-refractivity contribution < 1.29 is 23.1 Å². The van der Waals surface area contributed by atoms with Gasteiger partial charge in [-0.15, -0.1) is 0 Å². The Labute approximate surface area is 96.2 Å². The molecule has 0 fully saturated rings. The zero-order chi connectivity index (χ0) is 12.3. The number of hydrogen-bond donors (Lipinski definition) is 2. The summed E-state index contributed by atoms with van der Waals surface area (Å²) in [5.74, 6) is 0.0472. The molecule has 0 spiro atoms. The molecule has 16 heavy (non-hydrogen) atoms. The van der Waals surface area contributed by atoms with Crippen LogP contribution in [0.15, 0.2) is 23.1 Å². The Morgan fingerprint density at radius 3 is 2.56 bits per heavy atom. The van der Waals surface area contributed by atoms with Crippen LogP contribution in [0.2, 0.25) is 0 Å². The molecule has 1 rings (SSSR count). The Bertz CT molecular complexity index is 513. The first kappa shape index (κ1) is 12.6. The Kier molecular flexibility index (Phi) is 3.61. The average molecular weight is 266 g/mol. The van der Waals surface area contributed by atoms with Crippen LogP contribution in [0.25, 0.3) is 0 Å². The first-order valence-corrected chi connectivity index (χ1v) is 6.28. The molecular weight excluding hydrogens is 258 g/mol. The van der Waals surface area contributed by atoms with Crippen molar-refractivity contribution in [1.29, 1.82) is 0 Å². The molecule has 0 saturated heterocycles. The topological polar surface area (TPSA) is 92.7 Å². The summed E-state index contributed by atoms with van der Waals surface area (Å²) in [4.78, 5) is 10.1. The van der Waals surface area contributed by atoms with Gasteiger partial charge in [0.2, 0.25) is 0 Å². The van der Waals surface area contributed by atoms with Gasteiger partial charge in [0, 0.05) is 16.4 Å². The number of carbonyl (C=O) groups is 1. The van der Waals surface area contributed by atoms with E-state index in [2.05, 4.69) is 0 Å². The van der Waals surface area contributed by atoms with Crippen molar-refractivity contribution in [3.63, 3.8) is 0 Å². The van der Waals surface area contributed by atoms with Gasteiger partial charge in [0.1, 0.15) is 10.6 Å². The Hall–Kier alpha value is -1.47. The lowest BCUT2D eigenvalue weighted by molar-refractivity contribution is 0.209. The highest BCUT2D eigenvalue weighted by atomic mass is 35.7. The first-order valence-electron chi connectivity index (χ1n) is 3.97. The summed E-state index contributed by atoms with van der Waals surface area (Å²) in [5.41, 5.74) is 0.0903. The number of amides is 1. The molecule has 1 amide bonds. The minimum Gasteiger partial charge on any atom is -0.495 e. The van der Waals surface area contributed by atoms with Crippen LogP contribution in [0.1, 0.15) is 0 Å². The van der Waals surface area contributed by atoms with Crippen molar-refractivity contribution in [3.8, 4) is 5.75 Å². The number of methoxy groups -OCH3 is 1. The maximum Gasteiger partial charge on any atom is 0.409 e. The molecule has 0 aliphatic rings. The molecule has 0 aromatic heterocycles. The summed E-state index contributed by atoms with van der Waals surface area (Å²) in [5, 5.41) is 10.5. The predicted octanol–water partition coefficient (Wildman–Crippen LogP) is 1.71. The summed E-state index contributed by atoms with van der Waals surface area (Å²) in [6.45, 7) is 0. The summed E-state index contributed by atoms with van der Waals surface area (Å²) in [7, 11) is 2.46. The van der Waals surface area contributed by atoms with Gasteiger partial charge in [-0.05, 0) is 18.2 Å². The number of benzene rings is 1. The molecule has 2 N–H and O–H groups in total. The number of nitrogens with one attached hydrogen (secondary N) is 1. The van der Waals surface area contributed by atoms with Gasteiger partial charge in [-0.3, -0.25) is 5.32 Å². The van der Waals surface area contributed by atoms with Gasteiger partial charge in [-0.1, -0.05) is 0 Å². The van der Waals surface area contributed by atoms with Crippen LogP contribution in [0.3, 0.4) is 0 Å². The molecule has 0 unspecified atom stereocenters. The van der Waals surface area contributed by atoms with Crippen molar-refractivity contribution in [1.82, 2.24) is 0 Å². The third kappa shape index (κ3) is 3.01. The fraction of sp³-hybridized carbons (Fsp3) is 0.125. The van der Waals surface area contributed by atoms with Gasteiger partial charge in [0.05, 0.1) is 7.11 Å². The number of carboxylic acid groups (broad SMARTS) is 1. The fourth-order valence-corrected chi connectivity index (χ4v) is 2.09. The van der Waals surface area contributed by atoms with E-state index in [9.17, 15) is 13.2 Å². The van der Waals surface area contributed by atoms with Crippen LogP contribution in [0, 0.1) is 0 Å². The Morgan fingerprint density at radius 1 is 1.50 bits per heavy atom. The largest absolute Gasteiger partial charge is 0.495 e. The molecule has 0 aliphatic heterocycles. The normalized spacial score (nSPS) is 10.9. The van der Waals surface area contributed by atoms with Gasteiger partial charge in [-0.2, -0.15) is 0 Å². The predicted molar refractivity (Wildman–Crippen MR) is 57.7 cm³/mol. The molecule has 88 valence electrons.